The minimum Gasteiger partial charge on any atom is -0.492 e. The maximum Gasteiger partial charge on any atom is 0.429 e. The van der Waals surface area contributed by atoms with Gasteiger partial charge in [-0.25, -0.2) is 4.68 Å². The van der Waals surface area contributed by atoms with Crippen molar-refractivity contribution in [2.45, 2.75) is 58.4 Å². The van der Waals surface area contributed by atoms with Gasteiger partial charge in [-0.15, -0.1) is 0 Å². The molecule has 0 aliphatic carbocycles. The molecule has 0 amide bonds. The lowest BCUT2D eigenvalue weighted by Crippen LogP contribution is -2.41. The van der Waals surface area contributed by atoms with Gasteiger partial charge in [0.15, 0.2) is 0 Å². The molecular weight excluding hydrogens is 675 g/mol. The van der Waals surface area contributed by atoms with Crippen molar-refractivity contribution >= 4 is 29.3 Å². The number of hydrogen-bond acceptors (Lipinski definition) is 10. The van der Waals surface area contributed by atoms with Crippen molar-refractivity contribution in [3.05, 3.63) is 71.0 Å². The lowest BCUT2D eigenvalue weighted by atomic mass is 9.76. The molecule has 2 aromatic carbocycles. The summed E-state index contributed by atoms with van der Waals surface area (Å²) < 4.78 is 62.6. The number of ether oxygens (including phenoxy) is 3. The summed E-state index contributed by atoms with van der Waals surface area (Å²) in [4.78, 5) is 22.6. The minimum atomic E-state index is -4.84. The van der Waals surface area contributed by atoms with Crippen LogP contribution in [0.15, 0.2) is 54.7 Å². The molecule has 2 aliphatic heterocycles. The molecule has 2 aliphatic rings. The van der Waals surface area contributed by atoms with Gasteiger partial charge >= 0.3 is 12.1 Å². The standard InChI is InChI=1S/C35H39ClF3N7O4/c1-4-48-28-9-7-22(16-25(28)36)23-6-8-24(27(17-23)46-13-10-21(3)44-46)31(35(37,38)39)50-30-18-29(42-33(40)43-30)45-14-11-34(12-15-45)19-26(41-20-34)32(47)49-5-2/h6-10,13,16-18,26,31,41H,4-5,11-12,14-15,19-20H2,1-3H3,(H2,40,42,43)/t26-,31+/m0/s1. The molecule has 0 radical (unpaired) electrons. The Kier molecular flexibility index (Phi) is 10.1. The molecule has 2 aromatic heterocycles. The summed E-state index contributed by atoms with van der Waals surface area (Å²) in [7, 11) is 0. The van der Waals surface area contributed by atoms with E-state index in [1.54, 1.807) is 56.4 Å². The highest BCUT2D eigenvalue weighted by atomic mass is 35.5. The number of piperidine rings is 1. The zero-order valence-corrected chi connectivity index (χ0v) is 28.7. The maximum absolute atomic E-state index is 14.9. The Labute approximate surface area is 292 Å². The molecule has 11 nitrogen and oxygen atoms in total. The van der Waals surface area contributed by atoms with E-state index in [1.807, 2.05) is 11.8 Å². The predicted octanol–water partition coefficient (Wildman–Crippen LogP) is 6.47. The molecule has 4 heterocycles. The fourth-order valence-corrected chi connectivity index (χ4v) is 6.88. The zero-order valence-electron chi connectivity index (χ0n) is 28.0. The van der Waals surface area contributed by atoms with Crippen molar-refractivity contribution in [1.29, 1.82) is 0 Å². The van der Waals surface area contributed by atoms with Crippen molar-refractivity contribution in [3.8, 4) is 28.4 Å². The van der Waals surface area contributed by atoms with Crippen molar-refractivity contribution in [1.82, 2.24) is 25.1 Å². The van der Waals surface area contributed by atoms with Crippen molar-refractivity contribution in [2.75, 3.05) is 43.5 Å². The van der Waals surface area contributed by atoms with E-state index in [9.17, 15) is 18.0 Å². The number of hydrogen-bond donors (Lipinski definition) is 2. The highest BCUT2D eigenvalue weighted by Gasteiger charge is 2.46. The first kappa shape index (κ1) is 35.3. The molecule has 2 saturated heterocycles. The molecule has 0 unspecified atom stereocenters. The highest BCUT2D eigenvalue weighted by Crippen LogP contribution is 2.43. The molecule has 0 saturated carbocycles. The molecule has 3 N–H and O–H groups in total. The van der Waals surface area contributed by atoms with Crippen LogP contribution in [0.1, 0.15) is 50.5 Å². The van der Waals surface area contributed by atoms with Crippen LogP contribution in [0, 0.1) is 12.3 Å². The number of carbonyl (C=O) groups is 1. The molecule has 50 heavy (non-hydrogen) atoms. The Morgan fingerprint density at radius 3 is 2.48 bits per heavy atom. The molecule has 266 valence electrons. The number of carbonyl (C=O) groups excluding carboxylic acids is 1. The van der Waals surface area contributed by atoms with E-state index in [4.69, 9.17) is 31.5 Å². The van der Waals surface area contributed by atoms with E-state index in [2.05, 4.69) is 20.4 Å². The van der Waals surface area contributed by atoms with Gasteiger partial charge in [0.05, 0.1) is 29.6 Å². The van der Waals surface area contributed by atoms with Gasteiger partial charge in [-0.3, -0.25) is 4.79 Å². The summed E-state index contributed by atoms with van der Waals surface area (Å²) in [5.74, 6) is 0.0901. The fraction of sp³-hybridized carbons (Fsp3) is 0.429. The predicted molar refractivity (Wildman–Crippen MR) is 183 cm³/mol. The summed E-state index contributed by atoms with van der Waals surface area (Å²) in [6.07, 6.45) is -3.51. The average molecular weight is 714 g/mol. The number of aromatic nitrogens is 4. The second-order valence-corrected chi connectivity index (χ2v) is 13.0. The lowest BCUT2D eigenvalue weighted by Gasteiger charge is -2.39. The van der Waals surface area contributed by atoms with Crippen LogP contribution < -0.4 is 25.4 Å². The molecule has 2 fully saturated rings. The van der Waals surface area contributed by atoms with Crippen LogP contribution in [0.2, 0.25) is 5.02 Å². The molecular formula is C35H39ClF3N7O4. The number of halogens is 4. The lowest BCUT2D eigenvalue weighted by molar-refractivity contribution is -0.198. The monoisotopic (exact) mass is 713 g/mol. The summed E-state index contributed by atoms with van der Waals surface area (Å²) in [5.41, 5.74) is 7.85. The highest BCUT2D eigenvalue weighted by molar-refractivity contribution is 6.32. The molecule has 2 atom stereocenters. The van der Waals surface area contributed by atoms with Gasteiger partial charge in [0.2, 0.25) is 17.9 Å². The van der Waals surface area contributed by atoms with Crippen LogP contribution in [-0.4, -0.2) is 70.8 Å². The maximum atomic E-state index is 14.9. The van der Waals surface area contributed by atoms with Crippen LogP contribution in [0.25, 0.3) is 16.8 Å². The van der Waals surface area contributed by atoms with Crippen molar-refractivity contribution in [3.63, 3.8) is 0 Å². The third kappa shape index (κ3) is 7.60. The Hall–Kier alpha value is -4.56. The van der Waals surface area contributed by atoms with E-state index < -0.39 is 12.3 Å². The van der Waals surface area contributed by atoms with Gasteiger partial charge in [0, 0.05) is 37.5 Å². The van der Waals surface area contributed by atoms with Crippen LogP contribution in [0.4, 0.5) is 24.9 Å². The first-order valence-corrected chi connectivity index (χ1v) is 16.9. The Morgan fingerprint density at radius 1 is 1.08 bits per heavy atom. The SMILES string of the molecule is CCOC(=O)[C@@H]1CC2(CCN(c3cc(O[C@H](c4ccc(-c5ccc(OCC)c(Cl)c5)cc4-n4ccc(C)n4)C(F)(F)F)nc(N)n3)CC2)CN1. The Morgan fingerprint density at radius 2 is 1.82 bits per heavy atom. The molecule has 0 bridgehead atoms. The Bertz CT molecular complexity index is 1850. The second kappa shape index (κ2) is 14.4. The van der Waals surface area contributed by atoms with E-state index in [0.29, 0.717) is 72.7 Å². The molecule has 1 spiro atoms. The third-order valence-corrected chi connectivity index (χ3v) is 9.46. The van der Waals surface area contributed by atoms with Gasteiger partial charge in [0.1, 0.15) is 17.6 Å². The van der Waals surface area contributed by atoms with Gasteiger partial charge in [-0.05, 0) is 80.8 Å². The first-order chi connectivity index (χ1) is 23.9. The van der Waals surface area contributed by atoms with E-state index in [0.717, 1.165) is 12.8 Å². The number of nitrogen functional groups attached to an aromatic ring is 1. The summed E-state index contributed by atoms with van der Waals surface area (Å²) >= 11 is 6.43. The van der Waals surface area contributed by atoms with Crippen LogP contribution in [-0.2, 0) is 9.53 Å². The van der Waals surface area contributed by atoms with Crippen molar-refractivity contribution < 1.29 is 32.2 Å². The normalized spacial score (nSPS) is 17.9. The van der Waals surface area contributed by atoms with E-state index in [-0.39, 0.29) is 40.5 Å². The number of rotatable bonds is 10. The molecule has 4 aromatic rings. The summed E-state index contributed by atoms with van der Waals surface area (Å²) in [6, 6.07) is 12.5. The van der Waals surface area contributed by atoms with Crippen molar-refractivity contribution in [2.24, 2.45) is 5.41 Å². The Balaban J connectivity index is 1.28. The van der Waals surface area contributed by atoms with Gasteiger partial charge in [-0.2, -0.15) is 28.2 Å². The van der Waals surface area contributed by atoms with Crippen LogP contribution in [0.5, 0.6) is 11.6 Å². The number of nitrogens with zero attached hydrogens (tertiary/aromatic N) is 5. The van der Waals surface area contributed by atoms with Crippen LogP contribution in [0.3, 0.4) is 0 Å². The van der Waals surface area contributed by atoms with E-state index >= 15 is 0 Å². The topological polar surface area (TPSA) is 130 Å². The van der Waals surface area contributed by atoms with Gasteiger partial charge < -0.3 is 30.2 Å². The number of nitrogens with two attached hydrogens (primary N) is 1. The summed E-state index contributed by atoms with van der Waals surface area (Å²) in [6.45, 7) is 7.94. The minimum absolute atomic E-state index is 0.0860. The molecule has 6 rings (SSSR count). The third-order valence-electron chi connectivity index (χ3n) is 9.17. The quantitative estimate of drug-likeness (QED) is 0.177. The largest absolute Gasteiger partial charge is 0.492 e. The van der Waals surface area contributed by atoms with Gasteiger partial charge in [0.25, 0.3) is 0 Å². The fourth-order valence-electron chi connectivity index (χ4n) is 6.64. The number of esters is 1. The smallest absolute Gasteiger partial charge is 0.429 e. The zero-order chi connectivity index (χ0) is 35.6. The van der Waals surface area contributed by atoms with Crippen LogP contribution >= 0.6 is 11.6 Å². The summed E-state index contributed by atoms with van der Waals surface area (Å²) in [5, 5.41) is 8.07. The molecule has 15 heteroatoms. The number of nitrogens with one attached hydrogen (secondary N) is 1. The van der Waals surface area contributed by atoms with E-state index in [1.165, 1.54) is 16.8 Å². The number of aryl methyl sites for hydroxylation is 1. The number of alkyl halides is 3. The second-order valence-electron chi connectivity index (χ2n) is 12.6. The average Bonchev–Trinajstić information content (AvgIpc) is 3.70. The number of benzene rings is 2. The van der Waals surface area contributed by atoms with Gasteiger partial charge in [-0.1, -0.05) is 29.8 Å². The number of anilines is 2. The first-order valence-electron chi connectivity index (χ1n) is 16.5.